The number of benzene rings is 4. The summed E-state index contributed by atoms with van der Waals surface area (Å²) in [6.45, 7) is 0.270. The van der Waals surface area contributed by atoms with E-state index in [1.165, 1.54) is 12.1 Å². The number of nitrogens with zero attached hydrogens (tertiary/aromatic N) is 3. The second-order valence-corrected chi connectivity index (χ2v) is 11.8. The fourth-order valence-electron chi connectivity index (χ4n) is 7.16. The van der Waals surface area contributed by atoms with Gasteiger partial charge in [-0.3, -0.25) is 9.80 Å². The summed E-state index contributed by atoms with van der Waals surface area (Å²) in [5.41, 5.74) is 4.00. The maximum atomic E-state index is 15.5. The van der Waals surface area contributed by atoms with Gasteiger partial charge in [0.15, 0.2) is 23.1 Å². The number of rotatable bonds is 6. The van der Waals surface area contributed by atoms with E-state index in [9.17, 15) is 18.7 Å². The minimum atomic E-state index is -1.21. The van der Waals surface area contributed by atoms with Gasteiger partial charge in [0.25, 0.3) is 5.91 Å². The zero-order valence-corrected chi connectivity index (χ0v) is 24.5. The number of halogens is 3. The molecule has 9 heteroatoms. The first-order valence-electron chi connectivity index (χ1n) is 15.0. The molecule has 1 fully saturated rings. The minimum absolute atomic E-state index is 0.0379. The molecule has 1 amide bonds. The second-order valence-electron chi connectivity index (χ2n) is 11.8. The molecule has 0 spiro atoms. The van der Waals surface area contributed by atoms with Crippen LogP contribution in [-0.2, 0) is 34.6 Å². The molecule has 2 unspecified atom stereocenters. The van der Waals surface area contributed by atoms with Crippen LogP contribution in [0.4, 0.5) is 13.2 Å². The van der Waals surface area contributed by atoms with Crippen LogP contribution in [0.25, 0.3) is 6.08 Å². The minimum Gasteiger partial charge on any atom is -0.488 e. The predicted octanol–water partition coefficient (Wildman–Crippen LogP) is 6.14. The Bertz CT molecular complexity index is 1980. The van der Waals surface area contributed by atoms with Crippen LogP contribution >= 0.6 is 0 Å². The highest BCUT2D eigenvalue weighted by atomic mass is 19.2. The van der Waals surface area contributed by atoms with Gasteiger partial charge < -0.3 is 14.7 Å². The average molecular weight is 620 g/mol. The lowest BCUT2D eigenvalue weighted by molar-refractivity contribution is -0.157. The van der Waals surface area contributed by atoms with Crippen molar-refractivity contribution < 1.29 is 27.8 Å². The van der Waals surface area contributed by atoms with Crippen LogP contribution in [0.2, 0.25) is 0 Å². The van der Waals surface area contributed by atoms with E-state index >= 15 is 4.39 Å². The van der Waals surface area contributed by atoms with Crippen LogP contribution in [0.15, 0.2) is 120 Å². The van der Waals surface area contributed by atoms with Crippen molar-refractivity contribution in [3.63, 3.8) is 0 Å². The molecule has 4 aromatic rings. The van der Waals surface area contributed by atoms with E-state index in [1.807, 2.05) is 59.6 Å². The number of aliphatic hydroxyl groups is 1. The molecule has 4 aromatic carbocycles. The van der Waals surface area contributed by atoms with Crippen molar-refractivity contribution in [1.82, 2.24) is 14.9 Å². The number of aliphatic hydroxyl groups excluding tert-OH is 1. The summed E-state index contributed by atoms with van der Waals surface area (Å²) in [5.74, 6) is -2.59. The summed E-state index contributed by atoms with van der Waals surface area (Å²) < 4.78 is 50.1. The van der Waals surface area contributed by atoms with E-state index in [1.54, 1.807) is 46.5 Å². The lowest BCUT2D eigenvalue weighted by Crippen LogP contribution is -2.64. The topological polar surface area (TPSA) is 56.3 Å². The number of fused-ring (bicyclic) bond motifs is 6. The molecule has 230 valence electrons. The molecule has 4 aliphatic rings. The van der Waals surface area contributed by atoms with Crippen LogP contribution in [0, 0.1) is 17.5 Å². The Hall–Kier alpha value is -5.12. The molecule has 0 aromatic heterocycles. The second kappa shape index (κ2) is 10.8. The molecule has 46 heavy (non-hydrogen) atoms. The molecule has 0 saturated carbocycles. The van der Waals surface area contributed by atoms with Crippen LogP contribution in [0.5, 0.6) is 0 Å². The molecular weight excluding hydrogens is 591 g/mol. The van der Waals surface area contributed by atoms with E-state index in [0.29, 0.717) is 17.5 Å². The van der Waals surface area contributed by atoms with Gasteiger partial charge in [-0.25, -0.2) is 13.2 Å². The Morgan fingerprint density at radius 2 is 1.63 bits per heavy atom. The molecular formula is C37H28F3N3O3. The zero-order chi connectivity index (χ0) is 31.6. The fourth-order valence-corrected chi connectivity index (χ4v) is 7.16. The first-order valence-corrected chi connectivity index (χ1v) is 15.0. The monoisotopic (exact) mass is 619 g/mol. The summed E-state index contributed by atoms with van der Waals surface area (Å²) in [7, 11) is 0. The largest absolute Gasteiger partial charge is 0.488 e. The van der Waals surface area contributed by atoms with Gasteiger partial charge in [0, 0.05) is 18.3 Å². The van der Waals surface area contributed by atoms with Crippen LogP contribution in [0.3, 0.4) is 0 Å². The quantitative estimate of drug-likeness (QED) is 0.281. The Morgan fingerprint density at radius 1 is 0.870 bits per heavy atom. The van der Waals surface area contributed by atoms with E-state index < -0.39 is 35.0 Å². The van der Waals surface area contributed by atoms with Gasteiger partial charge in [-0.15, -0.1) is 0 Å². The van der Waals surface area contributed by atoms with Gasteiger partial charge in [0.2, 0.25) is 0 Å². The van der Waals surface area contributed by atoms with E-state index in [2.05, 4.69) is 0 Å². The van der Waals surface area contributed by atoms with Gasteiger partial charge >= 0.3 is 0 Å². The lowest BCUT2D eigenvalue weighted by Gasteiger charge is -2.53. The van der Waals surface area contributed by atoms with E-state index in [0.717, 1.165) is 28.3 Å². The van der Waals surface area contributed by atoms with E-state index in [4.69, 9.17) is 4.74 Å². The molecule has 1 N–H and O–H groups in total. The van der Waals surface area contributed by atoms with Crippen molar-refractivity contribution in [2.75, 3.05) is 6.67 Å². The van der Waals surface area contributed by atoms with Crippen molar-refractivity contribution in [2.45, 2.75) is 31.2 Å². The van der Waals surface area contributed by atoms with Crippen molar-refractivity contribution in [3.8, 4) is 0 Å². The number of hydrogen-bond acceptors (Lipinski definition) is 5. The summed E-state index contributed by atoms with van der Waals surface area (Å²) in [5, 5.41) is 14.8. The molecule has 2 atom stereocenters. The first-order chi connectivity index (χ1) is 22.4. The van der Waals surface area contributed by atoms with Crippen molar-refractivity contribution in [1.29, 1.82) is 0 Å². The van der Waals surface area contributed by atoms with Gasteiger partial charge in [0.05, 0.1) is 6.67 Å². The predicted molar refractivity (Wildman–Crippen MR) is 164 cm³/mol. The SMILES string of the molecule is O=C1C2=C(OCc3ccccc3)C(O)C=CN2N(C23C(=Cc4c2ccc(F)c4F)Cc2ccccc23)CN1Cc1ccc(F)cc1. The molecule has 0 bridgehead atoms. The molecule has 6 nitrogen and oxygen atoms in total. The Labute approximate surface area is 263 Å². The lowest BCUT2D eigenvalue weighted by atomic mass is 9.82. The van der Waals surface area contributed by atoms with Crippen molar-refractivity contribution in [3.05, 3.63) is 171 Å². The normalized spacial score (nSPS) is 21.6. The smallest absolute Gasteiger partial charge is 0.276 e. The molecule has 2 aliphatic carbocycles. The maximum absolute atomic E-state index is 15.5. The average Bonchev–Trinajstić information content (AvgIpc) is 3.57. The maximum Gasteiger partial charge on any atom is 0.276 e. The zero-order valence-electron chi connectivity index (χ0n) is 24.5. The molecule has 2 heterocycles. The third kappa shape index (κ3) is 4.23. The number of hydrazine groups is 1. The summed E-state index contributed by atoms with van der Waals surface area (Å²) in [4.78, 5) is 16.0. The standard InChI is InChI=1S/C37H28F3N3O3/c38-27-12-10-23(11-13-27)20-41-22-43(42-17-16-32(44)35(34(42)36(41)45)46-21-24-6-2-1-3-7-24)37-26(18-25-8-4-5-9-29(25)37)19-28-30(37)14-15-31(39)33(28)40/h1-17,19,32,44H,18,20-22H2. The third-order valence-electron chi connectivity index (χ3n) is 9.20. The number of carbonyl (C=O) groups excluding carboxylic acids is 1. The van der Waals surface area contributed by atoms with Gasteiger partial charge in [-0.05, 0) is 70.2 Å². The number of ether oxygens (including phenoxy) is 1. The first kappa shape index (κ1) is 28.4. The highest BCUT2D eigenvalue weighted by Crippen LogP contribution is 2.57. The molecule has 1 saturated heterocycles. The highest BCUT2D eigenvalue weighted by molar-refractivity contribution is 5.95. The summed E-state index contributed by atoms with van der Waals surface area (Å²) in [6, 6.07) is 25.9. The Morgan fingerprint density at radius 3 is 2.43 bits per heavy atom. The number of carbonyl (C=O) groups is 1. The summed E-state index contributed by atoms with van der Waals surface area (Å²) in [6.07, 6.45) is 4.17. The van der Waals surface area contributed by atoms with Gasteiger partial charge in [-0.1, -0.05) is 72.8 Å². The molecule has 0 radical (unpaired) electrons. The third-order valence-corrected chi connectivity index (χ3v) is 9.20. The molecule has 8 rings (SSSR count). The van der Waals surface area contributed by atoms with Crippen molar-refractivity contribution in [2.24, 2.45) is 0 Å². The van der Waals surface area contributed by atoms with Gasteiger partial charge in [0.1, 0.15) is 24.1 Å². The summed E-state index contributed by atoms with van der Waals surface area (Å²) >= 11 is 0. The van der Waals surface area contributed by atoms with Crippen LogP contribution in [-0.4, -0.2) is 38.7 Å². The number of hydrogen-bond donors (Lipinski definition) is 1. The fraction of sp³-hybridized carbons (Fsp3) is 0.162. The Balaban J connectivity index is 1.32. The highest BCUT2D eigenvalue weighted by Gasteiger charge is 2.58. The van der Waals surface area contributed by atoms with Crippen LogP contribution in [0.1, 0.15) is 33.4 Å². The molecule has 2 aliphatic heterocycles. The van der Waals surface area contributed by atoms with Crippen molar-refractivity contribution >= 4 is 12.0 Å². The van der Waals surface area contributed by atoms with E-state index in [-0.39, 0.29) is 36.8 Å². The van der Waals surface area contributed by atoms with Gasteiger partial charge in [-0.2, -0.15) is 5.01 Å². The Kier molecular flexibility index (Phi) is 6.63. The number of amides is 1. The van der Waals surface area contributed by atoms with Crippen LogP contribution < -0.4 is 0 Å².